The maximum Gasteiger partial charge on any atom is 0.255 e. The van der Waals surface area contributed by atoms with Crippen LogP contribution in [-0.4, -0.2) is 103 Å². The lowest BCUT2D eigenvalue weighted by Crippen LogP contribution is -2.52. The van der Waals surface area contributed by atoms with Gasteiger partial charge in [-0.3, -0.25) is 29.4 Å². The van der Waals surface area contributed by atoms with E-state index in [1.165, 1.54) is 6.07 Å². The summed E-state index contributed by atoms with van der Waals surface area (Å²) in [7, 11) is 0. The Hall–Kier alpha value is -4.99. The molecule has 4 saturated heterocycles. The summed E-state index contributed by atoms with van der Waals surface area (Å²) in [6, 6.07) is 16.3. The fourth-order valence-corrected chi connectivity index (χ4v) is 10.1. The van der Waals surface area contributed by atoms with Gasteiger partial charge in [0, 0.05) is 87.6 Å². The van der Waals surface area contributed by atoms with Crippen molar-refractivity contribution in [2.75, 3.05) is 62.2 Å². The molecule has 11 nitrogen and oxygen atoms in total. The quantitative estimate of drug-likeness (QED) is 0.208. The van der Waals surface area contributed by atoms with Crippen molar-refractivity contribution >= 4 is 52.3 Å². The van der Waals surface area contributed by atoms with Crippen LogP contribution in [0.1, 0.15) is 78.9 Å². The van der Waals surface area contributed by atoms with E-state index in [9.17, 15) is 19.2 Å². The maximum absolute atomic E-state index is 15.6. The fraction of sp³-hybridized carbons (Fsp3) is 0.489. The molecule has 0 aliphatic carbocycles. The number of halogens is 2. The third-order valence-electron chi connectivity index (χ3n) is 13.2. The number of hydrogen-bond acceptors (Lipinski definition) is 7. The Morgan fingerprint density at radius 3 is 2.41 bits per heavy atom. The highest BCUT2D eigenvalue weighted by molar-refractivity contribution is 6.33. The average Bonchev–Trinajstić information content (AvgIpc) is 3.54. The molecule has 5 aliphatic heterocycles. The molecular weight excluding hydrogens is 757 g/mol. The fourth-order valence-electron chi connectivity index (χ4n) is 9.86. The minimum Gasteiger partial charge on any atom is -0.369 e. The van der Waals surface area contributed by atoms with Gasteiger partial charge in [0.05, 0.1) is 18.7 Å². The second-order valence-electron chi connectivity index (χ2n) is 17.0. The minimum absolute atomic E-state index is 0.00937. The number of piperazine rings is 1. The summed E-state index contributed by atoms with van der Waals surface area (Å²) in [5.41, 5.74) is 5.47. The van der Waals surface area contributed by atoms with Crippen molar-refractivity contribution in [1.82, 2.24) is 20.0 Å². The van der Waals surface area contributed by atoms with E-state index in [0.717, 1.165) is 81.9 Å². The number of fused-ring (bicyclic) bond motifs is 1. The van der Waals surface area contributed by atoms with Gasteiger partial charge in [-0.1, -0.05) is 42.8 Å². The summed E-state index contributed by atoms with van der Waals surface area (Å²) in [6.45, 7) is 18.7. The topological polar surface area (TPSA) is 101 Å². The highest BCUT2D eigenvalue weighted by Crippen LogP contribution is 2.39. The Kier molecular flexibility index (Phi) is 11.5. The zero-order valence-electron chi connectivity index (χ0n) is 33.3. The molecule has 0 bridgehead atoms. The molecule has 0 spiro atoms. The van der Waals surface area contributed by atoms with Crippen molar-refractivity contribution in [2.24, 2.45) is 11.8 Å². The van der Waals surface area contributed by atoms with Gasteiger partial charge in [-0.05, 0) is 97.4 Å². The molecular formula is C45H51ClFN7O4. The molecule has 3 aromatic carbocycles. The third-order valence-corrected chi connectivity index (χ3v) is 13.5. The zero-order chi connectivity index (χ0) is 40.7. The number of likely N-dealkylation sites (tertiary alicyclic amines) is 1. The van der Waals surface area contributed by atoms with Crippen LogP contribution in [0.15, 0.2) is 54.6 Å². The minimum atomic E-state index is -0.614. The molecule has 58 heavy (non-hydrogen) atoms. The Labute approximate surface area is 344 Å². The molecule has 5 aliphatic rings. The number of carbonyl (C=O) groups excluding carboxylic acids is 4. The average molecular weight is 808 g/mol. The Balaban J connectivity index is 0.784. The monoisotopic (exact) mass is 807 g/mol. The summed E-state index contributed by atoms with van der Waals surface area (Å²) in [5, 5.41) is 2.83. The number of piperidine rings is 3. The number of nitrogens with one attached hydrogen (secondary N) is 1. The SMILES string of the molecule is [C-]#[N+]c1ccc(C2C[C@@H](C)N(C(=O)Cc3ccc(N4CCC(CN5CCN(c6ccc7c(c6)CN([C@H]6CCC(=O)NC6=O)C7=O)CC5)CC4)c(F)c3)C[C@@H]2C)cc1Cl. The number of nitrogens with zero attached hydrogens (tertiary/aromatic N) is 6. The van der Waals surface area contributed by atoms with E-state index in [4.69, 9.17) is 18.2 Å². The summed E-state index contributed by atoms with van der Waals surface area (Å²) < 4.78 is 15.6. The van der Waals surface area contributed by atoms with Gasteiger partial charge >= 0.3 is 0 Å². The molecule has 1 unspecified atom stereocenters. The predicted molar refractivity (Wildman–Crippen MR) is 222 cm³/mol. The first-order valence-electron chi connectivity index (χ1n) is 20.7. The normalized spacial score (nSPS) is 24.5. The van der Waals surface area contributed by atoms with Crippen LogP contribution in [0, 0.1) is 24.2 Å². The number of rotatable bonds is 8. The Morgan fingerprint density at radius 2 is 1.71 bits per heavy atom. The number of carbonyl (C=O) groups is 4. The molecule has 0 aromatic heterocycles. The van der Waals surface area contributed by atoms with Gasteiger partial charge in [-0.15, -0.1) is 0 Å². The molecule has 1 N–H and O–H groups in total. The van der Waals surface area contributed by atoms with Crippen LogP contribution in [0.25, 0.3) is 4.85 Å². The first-order valence-corrected chi connectivity index (χ1v) is 21.1. The van der Waals surface area contributed by atoms with Gasteiger partial charge in [0.15, 0.2) is 0 Å². The summed E-state index contributed by atoms with van der Waals surface area (Å²) in [5.74, 6) is -0.111. The van der Waals surface area contributed by atoms with E-state index in [0.29, 0.717) is 53.0 Å². The van der Waals surface area contributed by atoms with Gasteiger partial charge < -0.3 is 19.6 Å². The third kappa shape index (κ3) is 8.16. The Bertz CT molecular complexity index is 2140. The van der Waals surface area contributed by atoms with Crippen molar-refractivity contribution in [3.05, 3.63) is 99.1 Å². The smallest absolute Gasteiger partial charge is 0.255 e. The molecule has 5 heterocycles. The van der Waals surface area contributed by atoms with E-state index in [2.05, 4.69) is 44.8 Å². The van der Waals surface area contributed by atoms with Crippen LogP contribution in [0.5, 0.6) is 0 Å². The lowest BCUT2D eigenvalue weighted by Gasteiger charge is -2.42. The number of hydrogen-bond donors (Lipinski definition) is 1. The molecule has 4 amide bonds. The standard InChI is InChI=1S/C45H51ClFN7O4/c1-28-25-53(29(2)20-36(28)32-5-8-39(48-3)37(46)24-32)43(56)22-31-4-9-40(38(47)21-31)52-14-12-30(13-15-52)26-50-16-18-51(19-17-50)34-6-7-35-33(23-34)27-54(45(35)58)41-10-11-42(55)49-44(41)57/h4-9,21,23-24,28-30,36,41H,10-20,22,25-27H2,1-2H3,(H,49,55,57)/t28-,29+,36?,41-/m0/s1. The van der Waals surface area contributed by atoms with Crippen molar-refractivity contribution in [3.63, 3.8) is 0 Å². The molecule has 3 aromatic rings. The van der Waals surface area contributed by atoms with Crippen molar-refractivity contribution in [3.8, 4) is 0 Å². The van der Waals surface area contributed by atoms with Crippen LogP contribution in [-0.2, 0) is 27.3 Å². The van der Waals surface area contributed by atoms with Gasteiger partial charge in [-0.2, -0.15) is 0 Å². The van der Waals surface area contributed by atoms with Gasteiger partial charge in [0.1, 0.15) is 11.9 Å². The molecule has 4 atom stereocenters. The van der Waals surface area contributed by atoms with Gasteiger partial charge in [-0.25, -0.2) is 9.24 Å². The maximum atomic E-state index is 15.6. The van der Waals surface area contributed by atoms with E-state index in [-0.39, 0.29) is 54.3 Å². The lowest BCUT2D eigenvalue weighted by molar-refractivity contribution is -0.137. The summed E-state index contributed by atoms with van der Waals surface area (Å²) in [6.07, 6.45) is 3.54. The molecule has 4 fully saturated rings. The molecule has 8 rings (SSSR count). The number of amides is 4. The second kappa shape index (κ2) is 16.7. The van der Waals surface area contributed by atoms with Crippen LogP contribution in [0.3, 0.4) is 0 Å². The van der Waals surface area contributed by atoms with Crippen LogP contribution in [0.4, 0.5) is 21.5 Å². The van der Waals surface area contributed by atoms with Gasteiger partial charge in [0.2, 0.25) is 23.4 Å². The number of imide groups is 1. The second-order valence-corrected chi connectivity index (χ2v) is 17.4. The van der Waals surface area contributed by atoms with Crippen molar-refractivity contribution < 1.29 is 23.6 Å². The largest absolute Gasteiger partial charge is 0.369 e. The van der Waals surface area contributed by atoms with Crippen molar-refractivity contribution in [2.45, 2.75) is 76.9 Å². The number of benzene rings is 3. The van der Waals surface area contributed by atoms with E-state index < -0.39 is 11.9 Å². The molecule has 0 radical (unpaired) electrons. The predicted octanol–water partition coefficient (Wildman–Crippen LogP) is 6.41. The highest BCUT2D eigenvalue weighted by atomic mass is 35.5. The van der Waals surface area contributed by atoms with Crippen LogP contribution >= 0.6 is 11.6 Å². The van der Waals surface area contributed by atoms with Crippen LogP contribution in [0.2, 0.25) is 5.02 Å². The van der Waals surface area contributed by atoms with E-state index in [1.807, 2.05) is 41.3 Å². The molecule has 13 heteroatoms. The first kappa shape index (κ1) is 39.8. The zero-order valence-corrected chi connectivity index (χ0v) is 34.0. The number of anilines is 2. The first-order chi connectivity index (χ1) is 27.9. The van der Waals surface area contributed by atoms with Gasteiger partial charge in [0.25, 0.3) is 5.91 Å². The lowest BCUT2D eigenvalue weighted by atomic mass is 9.78. The molecule has 0 saturated carbocycles. The van der Waals surface area contributed by atoms with E-state index >= 15 is 4.39 Å². The van der Waals surface area contributed by atoms with Crippen molar-refractivity contribution in [1.29, 1.82) is 0 Å². The summed E-state index contributed by atoms with van der Waals surface area (Å²) in [4.78, 5) is 64.7. The summed E-state index contributed by atoms with van der Waals surface area (Å²) >= 11 is 6.34. The van der Waals surface area contributed by atoms with Crippen LogP contribution < -0.4 is 15.1 Å². The molecule has 304 valence electrons. The highest BCUT2D eigenvalue weighted by Gasteiger charge is 2.40. The Morgan fingerprint density at radius 1 is 0.931 bits per heavy atom. The van der Waals surface area contributed by atoms with E-state index in [1.54, 1.807) is 11.0 Å².